The maximum atomic E-state index is 14.5. The number of benzene rings is 2. The molecule has 4 aromatic rings. The zero-order chi connectivity index (χ0) is 32.0. The van der Waals surface area contributed by atoms with Crippen molar-refractivity contribution in [3.05, 3.63) is 54.9 Å². The number of halogens is 1. The molecule has 1 fully saturated rings. The lowest BCUT2D eigenvalue weighted by molar-refractivity contribution is -0.146. The van der Waals surface area contributed by atoms with Crippen LogP contribution in [0.2, 0.25) is 0 Å². The Morgan fingerprint density at radius 3 is 2.78 bits per heavy atom. The van der Waals surface area contributed by atoms with Crippen LogP contribution in [0, 0.1) is 12.0 Å². The highest BCUT2D eigenvalue weighted by Crippen LogP contribution is 2.48. The fourth-order valence-electron chi connectivity index (χ4n) is 5.30. The smallest absolute Gasteiger partial charge is 0.459 e. The fraction of sp³-hybridized carbons (Fsp3) is 0.484. The third kappa shape index (κ3) is 8.15. The van der Waals surface area contributed by atoms with E-state index in [-0.39, 0.29) is 36.1 Å². The molecule has 1 unspecified atom stereocenters. The Morgan fingerprint density at radius 1 is 1.18 bits per heavy atom. The molecule has 0 aliphatic carbocycles. The van der Waals surface area contributed by atoms with Gasteiger partial charge < -0.3 is 19.7 Å². The van der Waals surface area contributed by atoms with Crippen molar-refractivity contribution in [2.75, 3.05) is 18.9 Å². The Hall–Kier alpha value is -3.64. The van der Waals surface area contributed by atoms with Crippen LogP contribution in [-0.4, -0.2) is 50.8 Å². The number of unbranched alkanes of at least 4 members (excludes halogenated alkanes) is 2. The number of imidazole rings is 1. The molecule has 0 bridgehead atoms. The van der Waals surface area contributed by atoms with Crippen molar-refractivity contribution in [1.29, 1.82) is 0 Å². The molecule has 0 radical (unpaired) electrons. The van der Waals surface area contributed by atoms with Crippen LogP contribution < -0.4 is 15.3 Å². The maximum absolute atomic E-state index is 14.5. The quantitative estimate of drug-likeness (QED) is 0.0648. The molecule has 2 aromatic carbocycles. The summed E-state index contributed by atoms with van der Waals surface area (Å²) in [6.45, 7) is 6.17. The maximum Gasteiger partial charge on any atom is 0.459 e. The van der Waals surface area contributed by atoms with Gasteiger partial charge in [-0.2, -0.15) is 19.4 Å². The number of aromatic nitrogens is 4. The number of nitrogen functional groups attached to an aromatic ring is 1. The summed E-state index contributed by atoms with van der Waals surface area (Å²) < 4.78 is 53.9. The van der Waals surface area contributed by atoms with Gasteiger partial charge in [-0.1, -0.05) is 70.0 Å². The van der Waals surface area contributed by atoms with Gasteiger partial charge in [0.1, 0.15) is 18.0 Å². The SMILES string of the molecule is CCCCCOC(=O)[C@H](CC(C)C)NP(=O)(OC[C@@H]1CC[C@H](n2cnc3c(N)nc(F)nc32)O1)Oc1cccc2ccccc12. The van der Waals surface area contributed by atoms with Gasteiger partial charge in [0, 0.05) is 5.39 Å². The van der Waals surface area contributed by atoms with E-state index in [0.717, 1.165) is 30.0 Å². The number of carbonyl (C=O) groups is 1. The van der Waals surface area contributed by atoms with Crippen LogP contribution >= 0.6 is 7.75 Å². The zero-order valence-electron chi connectivity index (χ0n) is 25.7. The molecule has 5 rings (SSSR count). The lowest BCUT2D eigenvalue weighted by atomic mass is 10.1. The standard InChI is InChI=1S/C31H40FN6O6P/c1-4-5-8-16-41-30(39)24(17-20(2)3)37-45(40,44-25-13-9-11-21-10-6-7-12-23(21)25)42-18-22-14-15-26(43-22)38-19-34-27-28(33)35-31(32)36-29(27)38/h6-7,9-13,19-20,22,24,26H,4-5,8,14-18H2,1-3H3,(H,37,40)(H2,33,35,36)/t22-,24-,26+,45?/m0/s1. The first kappa shape index (κ1) is 32.7. The van der Waals surface area contributed by atoms with Crippen molar-refractivity contribution < 1.29 is 32.3 Å². The molecule has 0 spiro atoms. The van der Waals surface area contributed by atoms with Crippen molar-refractivity contribution in [3.8, 4) is 5.75 Å². The van der Waals surface area contributed by atoms with Crippen LogP contribution in [0.15, 0.2) is 48.8 Å². The number of carbonyl (C=O) groups excluding carboxylic acids is 1. The molecule has 2 aromatic heterocycles. The van der Waals surface area contributed by atoms with Gasteiger partial charge in [-0.05, 0) is 43.1 Å². The van der Waals surface area contributed by atoms with Crippen LogP contribution in [-0.2, 0) is 23.4 Å². The van der Waals surface area contributed by atoms with E-state index < -0.39 is 38.2 Å². The van der Waals surface area contributed by atoms with Crippen molar-refractivity contribution in [3.63, 3.8) is 0 Å². The highest BCUT2D eigenvalue weighted by molar-refractivity contribution is 7.52. The minimum absolute atomic E-state index is 0.0634. The first-order valence-electron chi connectivity index (χ1n) is 15.3. The van der Waals surface area contributed by atoms with E-state index >= 15 is 0 Å². The number of fused-ring (bicyclic) bond motifs is 2. The summed E-state index contributed by atoms with van der Waals surface area (Å²) in [5, 5.41) is 4.54. The Morgan fingerprint density at radius 2 is 1.98 bits per heavy atom. The number of anilines is 1. The minimum atomic E-state index is -4.18. The summed E-state index contributed by atoms with van der Waals surface area (Å²) in [6.07, 6.45) is 3.59. The molecule has 0 saturated carbocycles. The fourth-order valence-corrected chi connectivity index (χ4v) is 6.85. The van der Waals surface area contributed by atoms with E-state index in [1.54, 1.807) is 16.7 Å². The number of hydrogen-bond acceptors (Lipinski definition) is 10. The third-order valence-electron chi connectivity index (χ3n) is 7.51. The number of ether oxygens (including phenoxy) is 2. The average molecular weight is 643 g/mol. The number of nitrogens with two attached hydrogens (primary N) is 1. The first-order chi connectivity index (χ1) is 21.7. The Kier molecular flexibility index (Phi) is 10.7. The van der Waals surface area contributed by atoms with Gasteiger partial charge in [-0.3, -0.25) is 13.9 Å². The molecule has 1 aliphatic rings. The first-order valence-corrected chi connectivity index (χ1v) is 16.9. The molecule has 12 nitrogen and oxygen atoms in total. The van der Waals surface area contributed by atoms with Gasteiger partial charge >= 0.3 is 19.8 Å². The lowest BCUT2D eigenvalue weighted by Crippen LogP contribution is -2.39. The normalized spacial score (nSPS) is 18.8. The van der Waals surface area contributed by atoms with Crippen LogP contribution in [0.4, 0.5) is 10.2 Å². The summed E-state index contributed by atoms with van der Waals surface area (Å²) in [5.41, 5.74) is 6.30. The van der Waals surface area contributed by atoms with Gasteiger partial charge in [-0.25, -0.2) is 9.55 Å². The third-order valence-corrected chi connectivity index (χ3v) is 9.07. The molecule has 4 atom stereocenters. The second-order valence-electron chi connectivity index (χ2n) is 11.5. The van der Waals surface area contributed by atoms with Crippen molar-refractivity contribution in [2.45, 2.75) is 77.7 Å². The number of nitrogens with zero attached hydrogens (tertiary/aromatic N) is 4. The van der Waals surface area contributed by atoms with Gasteiger partial charge in [0.25, 0.3) is 0 Å². The van der Waals surface area contributed by atoms with Crippen LogP contribution in [0.3, 0.4) is 0 Å². The molecular formula is C31H40FN6O6P. The van der Waals surface area contributed by atoms with Gasteiger partial charge in [0.15, 0.2) is 17.0 Å². The van der Waals surface area contributed by atoms with Crippen molar-refractivity contribution in [2.24, 2.45) is 5.92 Å². The predicted molar refractivity (Wildman–Crippen MR) is 168 cm³/mol. The highest BCUT2D eigenvalue weighted by Gasteiger charge is 2.38. The number of hydrogen-bond donors (Lipinski definition) is 2. The largest absolute Gasteiger partial charge is 0.465 e. The molecule has 14 heteroatoms. The highest BCUT2D eigenvalue weighted by atomic mass is 31.2. The number of rotatable bonds is 15. The Balaban J connectivity index is 1.35. The molecule has 1 aliphatic heterocycles. The monoisotopic (exact) mass is 642 g/mol. The van der Waals surface area contributed by atoms with E-state index in [1.165, 1.54) is 6.33 Å². The second-order valence-corrected chi connectivity index (χ2v) is 13.2. The van der Waals surface area contributed by atoms with Crippen LogP contribution in [0.1, 0.15) is 65.5 Å². The van der Waals surface area contributed by atoms with Crippen LogP contribution in [0.25, 0.3) is 21.9 Å². The Bertz CT molecular complexity index is 1660. The Labute approximate surface area is 261 Å². The molecule has 0 amide bonds. The average Bonchev–Trinajstić information content (AvgIpc) is 3.65. The molecule has 45 heavy (non-hydrogen) atoms. The molecule has 3 heterocycles. The van der Waals surface area contributed by atoms with Crippen LogP contribution in [0.5, 0.6) is 5.75 Å². The lowest BCUT2D eigenvalue weighted by Gasteiger charge is -2.27. The summed E-state index contributed by atoms with van der Waals surface area (Å²) >= 11 is 0. The van der Waals surface area contributed by atoms with Gasteiger partial charge in [0.05, 0.1) is 25.6 Å². The summed E-state index contributed by atoms with van der Waals surface area (Å²) in [5.74, 6) is -0.143. The molecule has 1 saturated heterocycles. The van der Waals surface area contributed by atoms with Crippen molar-refractivity contribution >= 4 is 41.5 Å². The van der Waals surface area contributed by atoms with E-state index in [2.05, 4.69) is 27.0 Å². The van der Waals surface area contributed by atoms with E-state index in [9.17, 15) is 13.8 Å². The minimum Gasteiger partial charge on any atom is -0.465 e. The summed E-state index contributed by atoms with van der Waals surface area (Å²) in [4.78, 5) is 24.7. The van der Waals surface area contributed by atoms with E-state index in [0.29, 0.717) is 25.0 Å². The summed E-state index contributed by atoms with van der Waals surface area (Å²) in [7, 11) is -4.18. The molecular weight excluding hydrogens is 602 g/mol. The van der Waals surface area contributed by atoms with Gasteiger partial charge in [-0.15, -0.1) is 0 Å². The zero-order valence-corrected chi connectivity index (χ0v) is 26.6. The topological polar surface area (TPSA) is 153 Å². The predicted octanol–water partition coefficient (Wildman–Crippen LogP) is 6.32. The number of nitrogens with one attached hydrogen (secondary N) is 1. The van der Waals surface area contributed by atoms with Gasteiger partial charge in [0.2, 0.25) is 0 Å². The molecule has 3 N–H and O–H groups in total. The van der Waals surface area contributed by atoms with E-state index in [4.69, 9.17) is 24.3 Å². The number of esters is 1. The summed E-state index contributed by atoms with van der Waals surface area (Å²) in [6, 6.07) is 12.1. The molecule has 242 valence electrons. The second kappa shape index (κ2) is 14.6. The van der Waals surface area contributed by atoms with E-state index in [1.807, 2.05) is 44.2 Å². The van der Waals surface area contributed by atoms with Crippen molar-refractivity contribution in [1.82, 2.24) is 24.6 Å².